The van der Waals surface area contributed by atoms with E-state index in [4.69, 9.17) is 0 Å². The highest BCUT2D eigenvalue weighted by Crippen LogP contribution is 2.26. The molecule has 0 radical (unpaired) electrons. The van der Waals surface area contributed by atoms with E-state index in [1.54, 1.807) is 12.1 Å². The van der Waals surface area contributed by atoms with Gasteiger partial charge in [-0.25, -0.2) is 9.37 Å². The Hall–Kier alpha value is -3.32. The van der Waals surface area contributed by atoms with E-state index in [9.17, 15) is 14.0 Å². The lowest BCUT2D eigenvalue weighted by atomic mass is 9.98. The van der Waals surface area contributed by atoms with Gasteiger partial charge in [-0.1, -0.05) is 42.5 Å². The zero-order valence-electron chi connectivity index (χ0n) is 17.9. The maximum Gasteiger partial charge on any atom is 0.259 e. The van der Waals surface area contributed by atoms with Gasteiger partial charge in [0.2, 0.25) is 5.91 Å². The van der Waals surface area contributed by atoms with E-state index in [0.717, 1.165) is 21.6 Å². The van der Waals surface area contributed by atoms with E-state index in [1.807, 2.05) is 44.2 Å². The molecule has 0 bridgehead atoms. The SMILES string of the molecule is Cc1sc2nc(CCC(=O)NC(Cc3ccc(F)cc3)c3ccccc3)[nH]c(=O)c2c1C. The fourth-order valence-corrected chi connectivity index (χ4v) is 4.76. The molecule has 4 aromatic rings. The zero-order chi connectivity index (χ0) is 22.7. The van der Waals surface area contributed by atoms with Crippen LogP contribution in [0.3, 0.4) is 0 Å². The van der Waals surface area contributed by atoms with Gasteiger partial charge in [-0.05, 0) is 49.1 Å². The first kappa shape index (κ1) is 21.9. The second-order valence-corrected chi connectivity index (χ2v) is 9.04. The molecule has 164 valence electrons. The number of fused-ring (bicyclic) bond motifs is 1. The summed E-state index contributed by atoms with van der Waals surface area (Å²) in [5.74, 6) is 0.0829. The fraction of sp³-hybridized carbons (Fsp3) is 0.240. The number of carbonyl (C=O) groups is 1. The summed E-state index contributed by atoms with van der Waals surface area (Å²) < 4.78 is 13.3. The van der Waals surface area contributed by atoms with E-state index in [0.29, 0.717) is 28.9 Å². The summed E-state index contributed by atoms with van der Waals surface area (Å²) in [7, 11) is 0. The predicted molar refractivity (Wildman–Crippen MR) is 125 cm³/mol. The lowest BCUT2D eigenvalue weighted by Crippen LogP contribution is -2.30. The largest absolute Gasteiger partial charge is 0.349 e. The number of nitrogens with one attached hydrogen (secondary N) is 2. The molecule has 0 aliphatic carbocycles. The van der Waals surface area contributed by atoms with Crippen molar-refractivity contribution >= 4 is 27.5 Å². The second kappa shape index (κ2) is 9.44. The highest BCUT2D eigenvalue weighted by Gasteiger charge is 2.17. The molecular formula is C25H24FN3O2S. The van der Waals surface area contributed by atoms with Crippen molar-refractivity contribution < 1.29 is 9.18 Å². The second-order valence-electron chi connectivity index (χ2n) is 7.84. The van der Waals surface area contributed by atoms with Crippen molar-refractivity contribution in [1.82, 2.24) is 15.3 Å². The molecule has 1 atom stereocenters. The normalized spacial score (nSPS) is 12.1. The average Bonchev–Trinajstić information content (AvgIpc) is 3.07. The van der Waals surface area contributed by atoms with Crippen LogP contribution in [0.4, 0.5) is 4.39 Å². The van der Waals surface area contributed by atoms with E-state index in [1.165, 1.54) is 23.5 Å². The highest BCUT2D eigenvalue weighted by atomic mass is 32.1. The number of aryl methyl sites for hydroxylation is 3. The van der Waals surface area contributed by atoms with Gasteiger partial charge in [0.15, 0.2) is 0 Å². The Kier molecular flexibility index (Phi) is 6.46. The van der Waals surface area contributed by atoms with Crippen LogP contribution in [0.15, 0.2) is 59.4 Å². The number of amides is 1. The molecule has 2 N–H and O–H groups in total. The number of hydrogen-bond acceptors (Lipinski definition) is 4. The van der Waals surface area contributed by atoms with Gasteiger partial charge in [0.05, 0.1) is 11.4 Å². The Balaban J connectivity index is 1.47. The van der Waals surface area contributed by atoms with Crippen LogP contribution >= 0.6 is 11.3 Å². The minimum absolute atomic E-state index is 0.137. The van der Waals surface area contributed by atoms with Crippen LogP contribution < -0.4 is 10.9 Å². The summed E-state index contributed by atoms with van der Waals surface area (Å²) in [6.45, 7) is 3.89. The highest BCUT2D eigenvalue weighted by molar-refractivity contribution is 7.18. The summed E-state index contributed by atoms with van der Waals surface area (Å²) >= 11 is 1.49. The molecule has 0 aliphatic heterocycles. The van der Waals surface area contributed by atoms with Crippen LogP contribution in [0.5, 0.6) is 0 Å². The number of thiophene rings is 1. The molecule has 32 heavy (non-hydrogen) atoms. The Morgan fingerprint density at radius 1 is 1.12 bits per heavy atom. The van der Waals surface area contributed by atoms with Gasteiger partial charge in [-0.2, -0.15) is 0 Å². The summed E-state index contributed by atoms with van der Waals surface area (Å²) in [4.78, 5) is 34.4. The molecular weight excluding hydrogens is 425 g/mol. The van der Waals surface area contributed by atoms with Gasteiger partial charge in [-0.15, -0.1) is 11.3 Å². The predicted octanol–water partition coefficient (Wildman–Crippen LogP) is 4.77. The van der Waals surface area contributed by atoms with E-state index < -0.39 is 0 Å². The zero-order valence-corrected chi connectivity index (χ0v) is 18.8. The number of H-pyrrole nitrogens is 1. The molecule has 0 aliphatic rings. The molecule has 0 spiro atoms. The summed E-state index contributed by atoms with van der Waals surface area (Å²) in [5.41, 5.74) is 2.70. The van der Waals surface area contributed by atoms with Crippen molar-refractivity contribution in [2.75, 3.05) is 0 Å². The maximum absolute atomic E-state index is 13.3. The van der Waals surface area contributed by atoms with E-state index in [2.05, 4.69) is 15.3 Å². The number of carbonyl (C=O) groups excluding carboxylic acids is 1. The standard InChI is InChI=1S/C25H24FN3O2S/c1-15-16(2)32-25-23(15)24(31)28-21(29-25)12-13-22(30)27-20(18-6-4-3-5-7-18)14-17-8-10-19(26)11-9-17/h3-11,20H,12-14H2,1-2H3,(H,27,30)(H,28,29,31). The van der Waals surface area contributed by atoms with Crippen LogP contribution in [0.2, 0.25) is 0 Å². The van der Waals surface area contributed by atoms with E-state index in [-0.39, 0.29) is 29.7 Å². The molecule has 2 aromatic carbocycles. The summed E-state index contributed by atoms with van der Waals surface area (Å²) in [6, 6.07) is 15.8. The fourth-order valence-electron chi connectivity index (χ4n) is 3.71. The summed E-state index contributed by atoms with van der Waals surface area (Å²) in [5, 5.41) is 3.71. The molecule has 2 aromatic heterocycles. The third kappa shape index (κ3) is 4.94. The lowest BCUT2D eigenvalue weighted by molar-refractivity contribution is -0.121. The number of aromatic nitrogens is 2. The third-order valence-corrected chi connectivity index (χ3v) is 6.67. The first-order valence-electron chi connectivity index (χ1n) is 10.5. The quantitative estimate of drug-likeness (QED) is 0.427. The van der Waals surface area contributed by atoms with Gasteiger partial charge in [-0.3, -0.25) is 9.59 Å². The average molecular weight is 450 g/mol. The van der Waals surface area contributed by atoms with Gasteiger partial charge >= 0.3 is 0 Å². The molecule has 2 heterocycles. The molecule has 0 fully saturated rings. The molecule has 0 saturated carbocycles. The van der Waals surface area contributed by atoms with Crippen molar-refractivity contribution in [3.8, 4) is 0 Å². The number of aromatic amines is 1. The summed E-state index contributed by atoms with van der Waals surface area (Å²) in [6.07, 6.45) is 1.08. The van der Waals surface area contributed by atoms with Gasteiger partial charge < -0.3 is 10.3 Å². The van der Waals surface area contributed by atoms with Gasteiger partial charge in [0.1, 0.15) is 16.5 Å². The van der Waals surface area contributed by atoms with Crippen LogP contribution in [-0.4, -0.2) is 15.9 Å². The maximum atomic E-state index is 13.3. The number of hydrogen-bond donors (Lipinski definition) is 2. The van der Waals surface area contributed by atoms with Gasteiger partial charge in [0.25, 0.3) is 5.56 Å². The first-order valence-corrected chi connectivity index (χ1v) is 11.3. The molecule has 1 unspecified atom stereocenters. The molecule has 1 amide bonds. The van der Waals surface area contributed by atoms with Crippen molar-refractivity contribution in [2.45, 2.75) is 39.2 Å². The minimum atomic E-state index is -0.288. The minimum Gasteiger partial charge on any atom is -0.349 e. The molecule has 4 rings (SSSR count). The van der Waals surface area contributed by atoms with Crippen molar-refractivity contribution in [3.05, 3.63) is 98.2 Å². The number of benzene rings is 2. The topological polar surface area (TPSA) is 74.8 Å². The monoisotopic (exact) mass is 449 g/mol. The number of halogens is 1. The third-order valence-electron chi connectivity index (χ3n) is 5.57. The Morgan fingerprint density at radius 3 is 2.56 bits per heavy atom. The number of nitrogens with zero attached hydrogens (tertiary/aromatic N) is 1. The lowest BCUT2D eigenvalue weighted by Gasteiger charge is -2.19. The van der Waals surface area contributed by atoms with Crippen LogP contribution in [0.1, 0.15) is 39.9 Å². The Labute approximate surface area is 189 Å². The van der Waals surface area contributed by atoms with Crippen molar-refractivity contribution in [3.63, 3.8) is 0 Å². The van der Waals surface area contributed by atoms with E-state index >= 15 is 0 Å². The Morgan fingerprint density at radius 2 is 1.84 bits per heavy atom. The molecule has 0 saturated heterocycles. The van der Waals surface area contributed by atoms with Crippen LogP contribution in [0.25, 0.3) is 10.2 Å². The molecule has 5 nitrogen and oxygen atoms in total. The molecule has 7 heteroatoms. The Bertz CT molecular complexity index is 1300. The van der Waals surface area contributed by atoms with Crippen molar-refractivity contribution in [2.24, 2.45) is 0 Å². The van der Waals surface area contributed by atoms with Crippen molar-refractivity contribution in [1.29, 1.82) is 0 Å². The first-order chi connectivity index (χ1) is 15.4. The van der Waals surface area contributed by atoms with Gasteiger partial charge in [0, 0.05) is 17.7 Å². The van der Waals surface area contributed by atoms with Crippen LogP contribution in [0, 0.1) is 19.7 Å². The number of rotatable bonds is 7. The smallest absolute Gasteiger partial charge is 0.259 e. The van der Waals surface area contributed by atoms with Crippen LogP contribution in [-0.2, 0) is 17.6 Å².